The first-order valence-corrected chi connectivity index (χ1v) is 6.99. The molecule has 0 saturated carbocycles. The van der Waals surface area contributed by atoms with E-state index in [0.29, 0.717) is 0 Å². The molecule has 4 heteroatoms. The summed E-state index contributed by atoms with van der Waals surface area (Å²) >= 11 is 3.48. The molecule has 3 nitrogen and oxygen atoms in total. The zero-order chi connectivity index (χ0) is 13.8. The Balaban J connectivity index is 2.25. The molecule has 0 amide bonds. The minimum absolute atomic E-state index is 0.737. The summed E-state index contributed by atoms with van der Waals surface area (Å²) in [4.78, 5) is 6.42. The van der Waals surface area contributed by atoms with Crippen LogP contribution in [0.15, 0.2) is 44.2 Å². The fourth-order valence-electron chi connectivity index (χ4n) is 1.81. The Morgan fingerprint density at radius 1 is 1.32 bits per heavy atom. The van der Waals surface area contributed by atoms with Gasteiger partial charge in [-0.2, -0.15) is 0 Å². The van der Waals surface area contributed by atoms with Crippen molar-refractivity contribution in [1.29, 1.82) is 0 Å². The monoisotopic (exact) mass is 320 g/mol. The van der Waals surface area contributed by atoms with Gasteiger partial charge in [-0.3, -0.25) is 4.99 Å². The van der Waals surface area contributed by atoms with Crippen LogP contribution in [0.25, 0.3) is 0 Å². The standard InChI is InChI=1S/C15H17BrN2O/c1-4-11-7-5-6-8-14(11)17-10-12-9-13(16)15(19-12)18(2)3/h5-10H,4H2,1-3H3. The average molecular weight is 321 g/mol. The second kappa shape index (κ2) is 6.06. The number of hydrogen-bond donors (Lipinski definition) is 0. The second-order valence-electron chi connectivity index (χ2n) is 4.44. The van der Waals surface area contributed by atoms with Crippen LogP contribution in [-0.4, -0.2) is 20.3 Å². The highest BCUT2D eigenvalue weighted by molar-refractivity contribution is 9.10. The van der Waals surface area contributed by atoms with Crippen LogP contribution >= 0.6 is 15.9 Å². The van der Waals surface area contributed by atoms with E-state index in [1.54, 1.807) is 6.21 Å². The van der Waals surface area contributed by atoms with E-state index in [1.165, 1.54) is 5.56 Å². The van der Waals surface area contributed by atoms with E-state index in [2.05, 4.69) is 33.9 Å². The Bertz CT molecular complexity index is 588. The van der Waals surface area contributed by atoms with Gasteiger partial charge in [0.1, 0.15) is 5.76 Å². The normalized spacial score (nSPS) is 11.2. The molecular formula is C15H17BrN2O. The topological polar surface area (TPSA) is 28.7 Å². The van der Waals surface area contributed by atoms with Gasteiger partial charge < -0.3 is 9.32 Å². The Hall–Kier alpha value is -1.55. The highest BCUT2D eigenvalue weighted by Gasteiger charge is 2.09. The lowest BCUT2D eigenvalue weighted by molar-refractivity contribution is 0.557. The lowest BCUT2D eigenvalue weighted by Crippen LogP contribution is -2.07. The molecule has 0 aliphatic rings. The third-order valence-electron chi connectivity index (χ3n) is 2.80. The molecule has 0 fully saturated rings. The number of rotatable bonds is 4. The van der Waals surface area contributed by atoms with Gasteiger partial charge >= 0.3 is 0 Å². The molecule has 1 heterocycles. The molecule has 0 spiro atoms. The Morgan fingerprint density at radius 2 is 2.05 bits per heavy atom. The van der Waals surface area contributed by atoms with E-state index < -0.39 is 0 Å². The van der Waals surface area contributed by atoms with Crippen molar-refractivity contribution in [2.45, 2.75) is 13.3 Å². The van der Waals surface area contributed by atoms with Crippen LogP contribution in [0.5, 0.6) is 0 Å². The molecular weight excluding hydrogens is 304 g/mol. The number of halogens is 1. The predicted molar refractivity (Wildman–Crippen MR) is 83.8 cm³/mol. The molecule has 0 atom stereocenters. The molecule has 1 aromatic heterocycles. The van der Waals surface area contributed by atoms with Crippen LogP contribution in [0, 0.1) is 0 Å². The SMILES string of the molecule is CCc1ccccc1N=Cc1cc(Br)c(N(C)C)o1. The summed E-state index contributed by atoms with van der Waals surface area (Å²) in [6.45, 7) is 2.13. The number of hydrogen-bond acceptors (Lipinski definition) is 3. The molecule has 0 aliphatic heterocycles. The molecule has 0 radical (unpaired) electrons. The van der Waals surface area contributed by atoms with Crippen molar-refractivity contribution in [2.24, 2.45) is 4.99 Å². The van der Waals surface area contributed by atoms with Crippen molar-refractivity contribution in [3.63, 3.8) is 0 Å². The molecule has 0 unspecified atom stereocenters. The second-order valence-corrected chi connectivity index (χ2v) is 5.29. The van der Waals surface area contributed by atoms with Crippen molar-refractivity contribution in [3.8, 4) is 0 Å². The van der Waals surface area contributed by atoms with E-state index in [4.69, 9.17) is 4.42 Å². The number of furan rings is 1. The van der Waals surface area contributed by atoms with Gasteiger partial charge in [-0.15, -0.1) is 0 Å². The molecule has 0 bridgehead atoms. The van der Waals surface area contributed by atoms with Crippen LogP contribution in [0.4, 0.5) is 11.6 Å². The number of aryl methyl sites for hydroxylation is 1. The van der Waals surface area contributed by atoms with Gasteiger partial charge in [0.2, 0.25) is 5.88 Å². The molecule has 100 valence electrons. The lowest BCUT2D eigenvalue weighted by Gasteiger charge is -2.07. The van der Waals surface area contributed by atoms with Crippen molar-refractivity contribution in [3.05, 3.63) is 46.1 Å². The summed E-state index contributed by atoms with van der Waals surface area (Å²) in [5.41, 5.74) is 2.22. The maximum absolute atomic E-state index is 5.70. The quantitative estimate of drug-likeness (QED) is 0.780. The zero-order valence-corrected chi connectivity index (χ0v) is 12.9. The number of para-hydroxylation sites is 1. The predicted octanol–water partition coefficient (Wildman–Crippen LogP) is 4.42. The lowest BCUT2D eigenvalue weighted by atomic mass is 10.1. The van der Waals surface area contributed by atoms with Gasteiger partial charge in [-0.1, -0.05) is 25.1 Å². The molecule has 0 saturated heterocycles. The number of aliphatic imine (C=N–C) groups is 1. The summed E-state index contributed by atoms with van der Waals surface area (Å²) in [5.74, 6) is 1.53. The van der Waals surface area contributed by atoms with Crippen LogP contribution in [0.1, 0.15) is 18.2 Å². The summed E-state index contributed by atoms with van der Waals surface area (Å²) in [6.07, 6.45) is 2.73. The summed E-state index contributed by atoms with van der Waals surface area (Å²) < 4.78 is 6.63. The fraction of sp³-hybridized carbons (Fsp3) is 0.267. The van der Waals surface area contributed by atoms with Crippen LogP contribution < -0.4 is 4.90 Å². The largest absolute Gasteiger partial charge is 0.438 e. The third kappa shape index (κ3) is 3.26. The first-order chi connectivity index (χ1) is 9.11. The summed E-state index contributed by atoms with van der Waals surface area (Å²) in [7, 11) is 3.88. The van der Waals surface area contributed by atoms with Gasteiger partial charge in [0, 0.05) is 20.2 Å². The highest BCUT2D eigenvalue weighted by atomic mass is 79.9. The molecule has 2 rings (SSSR count). The highest BCUT2D eigenvalue weighted by Crippen LogP contribution is 2.28. The molecule has 1 aromatic carbocycles. The molecule has 0 N–H and O–H groups in total. The van der Waals surface area contributed by atoms with Gasteiger partial charge in [-0.25, -0.2) is 0 Å². The minimum Gasteiger partial charge on any atom is -0.438 e. The Labute approximate surface area is 122 Å². The number of benzene rings is 1. The summed E-state index contributed by atoms with van der Waals surface area (Å²) in [5, 5.41) is 0. The van der Waals surface area contributed by atoms with Crippen molar-refractivity contribution >= 4 is 33.7 Å². The molecule has 19 heavy (non-hydrogen) atoms. The number of nitrogens with zero attached hydrogens (tertiary/aromatic N) is 2. The van der Waals surface area contributed by atoms with Crippen molar-refractivity contribution < 1.29 is 4.42 Å². The third-order valence-corrected chi connectivity index (χ3v) is 3.37. The van der Waals surface area contributed by atoms with E-state index in [9.17, 15) is 0 Å². The van der Waals surface area contributed by atoms with E-state index >= 15 is 0 Å². The van der Waals surface area contributed by atoms with Crippen LogP contribution in [-0.2, 0) is 6.42 Å². The first-order valence-electron chi connectivity index (χ1n) is 6.20. The average Bonchev–Trinajstić information content (AvgIpc) is 2.78. The van der Waals surface area contributed by atoms with Crippen LogP contribution in [0.3, 0.4) is 0 Å². The first kappa shape index (κ1) is 13.9. The van der Waals surface area contributed by atoms with Gasteiger partial charge in [0.15, 0.2) is 0 Å². The van der Waals surface area contributed by atoms with Crippen molar-refractivity contribution in [2.75, 3.05) is 19.0 Å². The minimum atomic E-state index is 0.737. The van der Waals surface area contributed by atoms with E-state index in [0.717, 1.165) is 28.2 Å². The van der Waals surface area contributed by atoms with Gasteiger partial charge in [0.25, 0.3) is 0 Å². The number of anilines is 1. The smallest absolute Gasteiger partial charge is 0.210 e. The fourth-order valence-corrected chi connectivity index (χ4v) is 2.48. The summed E-state index contributed by atoms with van der Waals surface area (Å²) in [6, 6.07) is 10.1. The van der Waals surface area contributed by atoms with Crippen LogP contribution in [0.2, 0.25) is 0 Å². The maximum Gasteiger partial charge on any atom is 0.210 e. The Kier molecular flexibility index (Phi) is 4.43. The Morgan fingerprint density at radius 3 is 2.68 bits per heavy atom. The van der Waals surface area contributed by atoms with E-state index in [1.807, 2.05) is 43.3 Å². The molecule has 0 aliphatic carbocycles. The van der Waals surface area contributed by atoms with E-state index in [-0.39, 0.29) is 0 Å². The van der Waals surface area contributed by atoms with Gasteiger partial charge in [0.05, 0.1) is 16.4 Å². The molecule has 2 aromatic rings. The zero-order valence-electron chi connectivity index (χ0n) is 11.4. The van der Waals surface area contributed by atoms with Gasteiger partial charge in [-0.05, 0) is 34.0 Å². The van der Waals surface area contributed by atoms with Crippen molar-refractivity contribution in [1.82, 2.24) is 0 Å². The maximum atomic E-state index is 5.70.